The summed E-state index contributed by atoms with van der Waals surface area (Å²) in [6.45, 7) is 0. The van der Waals surface area contributed by atoms with Crippen LogP contribution in [0.1, 0.15) is 31.7 Å². The molecule has 0 aromatic carbocycles. The van der Waals surface area contributed by atoms with Crippen molar-refractivity contribution in [3.8, 4) is 0 Å². The van der Waals surface area contributed by atoms with Crippen molar-refractivity contribution in [2.24, 2.45) is 0 Å². The summed E-state index contributed by atoms with van der Waals surface area (Å²) in [5, 5.41) is 4.11. The lowest BCUT2D eigenvalue weighted by atomic mass is 9.96. The van der Waals surface area contributed by atoms with Crippen molar-refractivity contribution in [1.29, 1.82) is 0 Å². The van der Waals surface area contributed by atoms with Crippen molar-refractivity contribution in [3.63, 3.8) is 0 Å². The van der Waals surface area contributed by atoms with Crippen LogP contribution in [0.4, 0.5) is 0 Å². The van der Waals surface area contributed by atoms with Gasteiger partial charge in [-0.3, -0.25) is 0 Å². The Morgan fingerprint density at radius 3 is 3.00 bits per heavy atom. The Labute approximate surface area is 66.4 Å². The molecule has 0 N–H and O–H groups in total. The van der Waals surface area contributed by atoms with Crippen LogP contribution in [0, 0.1) is 6.42 Å². The fraction of sp³-hybridized carbons (Fsp3) is 0.625. The minimum atomic E-state index is 0.506. The highest BCUT2D eigenvalue weighted by atomic mass is 15.3. The van der Waals surface area contributed by atoms with Gasteiger partial charge in [-0.1, -0.05) is 12.8 Å². The van der Waals surface area contributed by atoms with E-state index in [0.717, 1.165) is 0 Å². The van der Waals surface area contributed by atoms with Gasteiger partial charge in [-0.05, 0) is 19.3 Å². The highest BCUT2D eigenvalue weighted by Crippen LogP contribution is 2.25. The van der Waals surface area contributed by atoms with Gasteiger partial charge in [0, 0.05) is 0 Å². The fourth-order valence-corrected chi connectivity index (χ4v) is 1.55. The van der Waals surface area contributed by atoms with Crippen molar-refractivity contribution in [2.45, 2.75) is 31.7 Å². The highest BCUT2D eigenvalue weighted by Gasteiger charge is 2.14. The van der Waals surface area contributed by atoms with Crippen LogP contribution in [0.3, 0.4) is 0 Å². The smallest absolute Gasteiger partial charge is 0.137 e. The van der Waals surface area contributed by atoms with Crippen LogP contribution in [-0.4, -0.2) is 14.8 Å². The average molecular weight is 150 g/mol. The maximum atomic E-state index is 4.11. The Balaban J connectivity index is 2.04. The van der Waals surface area contributed by atoms with E-state index in [1.54, 1.807) is 12.7 Å². The molecule has 1 aliphatic carbocycles. The van der Waals surface area contributed by atoms with E-state index in [-0.39, 0.29) is 0 Å². The summed E-state index contributed by atoms with van der Waals surface area (Å²) in [4.78, 5) is 3.93. The van der Waals surface area contributed by atoms with Crippen LogP contribution in [0.25, 0.3) is 0 Å². The Kier molecular flexibility index (Phi) is 1.88. The van der Waals surface area contributed by atoms with E-state index in [0.29, 0.717) is 6.04 Å². The van der Waals surface area contributed by atoms with Gasteiger partial charge in [0.05, 0.1) is 6.04 Å². The van der Waals surface area contributed by atoms with Gasteiger partial charge in [-0.25, -0.2) is 9.67 Å². The Morgan fingerprint density at radius 2 is 2.36 bits per heavy atom. The third-order valence-corrected chi connectivity index (χ3v) is 2.17. The van der Waals surface area contributed by atoms with Gasteiger partial charge in [0.2, 0.25) is 0 Å². The van der Waals surface area contributed by atoms with Crippen LogP contribution in [0.15, 0.2) is 12.7 Å². The number of aromatic nitrogens is 3. The molecule has 1 unspecified atom stereocenters. The summed E-state index contributed by atoms with van der Waals surface area (Å²) < 4.78 is 1.94. The molecular weight excluding hydrogens is 138 g/mol. The van der Waals surface area contributed by atoms with E-state index >= 15 is 0 Å². The molecule has 1 aromatic rings. The van der Waals surface area contributed by atoms with Gasteiger partial charge < -0.3 is 0 Å². The lowest BCUT2D eigenvalue weighted by Gasteiger charge is -2.20. The molecule has 1 saturated carbocycles. The summed E-state index contributed by atoms with van der Waals surface area (Å²) in [6, 6.07) is 0.506. The molecule has 0 saturated heterocycles. The lowest BCUT2D eigenvalue weighted by Crippen LogP contribution is -2.13. The van der Waals surface area contributed by atoms with Crippen molar-refractivity contribution >= 4 is 0 Å². The summed E-state index contributed by atoms with van der Waals surface area (Å²) in [5.41, 5.74) is 0. The molecule has 11 heavy (non-hydrogen) atoms. The molecule has 1 fully saturated rings. The Hall–Kier alpha value is -0.860. The Bertz CT molecular complexity index is 199. The van der Waals surface area contributed by atoms with E-state index in [1.165, 1.54) is 25.7 Å². The molecule has 0 spiro atoms. The molecule has 59 valence electrons. The zero-order chi connectivity index (χ0) is 7.52. The largest absolute Gasteiger partial charge is 0.250 e. The number of hydrogen-bond donors (Lipinski definition) is 0. The molecular formula is C8H12N3. The van der Waals surface area contributed by atoms with Crippen molar-refractivity contribution in [3.05, 3.63) is 19.1 Å². The summed E-state index contributed by atoms with van der Waals surface area (Å²) >= 11 is 0. The molecule has 0 aliphatic heterocycles. The van der Waals surface area contributed by atoms with Crippen LogP contribution >= 0.6 is 0 Å². The monoisotopic (exact) mass is 150 g/mol. The number of nitrogens with zero attached hydrogens (tertiary/aromatic N) is 3. The molecule has 3 heteroatoms. The molecule has 0 amide bonds. The maximum Gasteiger partial charge on any atom is 0.137 e. The number of hydrogen-bond acceptors (Lipinski definition) is 2. The first kappa shape index (κ1) is 6.83. The first-order chi connectivity index (χ1) is 5.47. The summed E-state index contributed by atoms with van der Waals surface area (Å²) in [7, 11) is 0. The molecule has 1 heterocycles. The minimum Gasteiger partial charge on any atom is -0.250 e. The normalized spacial score (nSPS) is 20.4. The first-order valence-corrected chi connectivity index (χ1v) is 4.14. The fourth-order valence-electron chi connectivity index (χ4n) is 1.55. The second-order valence-electron chi connectivity index (χ2n) is 2.96. The van der Waals surface area contributed by atoms with Gasteiger partial charge in [0.15, 0.2) is 0 Å². The van der Waals surface area contributed by atoms with Crippen LogP contribution < -0.4 is 0 Å². The molecule has 1 radical (unpaired) electrons. The van der Waals surface area contributed by atoms with E-state index < -0.39 is 0 Å². The van der Waals surface area contributed by atoms with Crippen molar-refractivity contribution in [2.75, 3.05) is 0 Å². The molecule has 1 atom stereocenters. The third kappa shape index (κ3) is 1.42. The van der Waals surface area contributed by atoms with Gasteiger partial charge >= 0.3 is 0 Å². The predicted octanol–water partition coefficient (Wildman–Crippen LogP) is 1.60. The van der Waals surface area contributed by atoms with Crippen LogP contribution in [0.2, 0.25) is 0 Å². The highest BCUT2D eigenvalue weighted by molar-refractivity contribution is 4.85. The van der Waals surface area contributed by atoms with E-state index in [1.807, 2.05) is 4.68 Å². The quantitative estimate of drug-likeness (QED) is 0.608. The van der Waals surface area contributed by atoms with Crippen molar-refractivity contribution in [1.82, 2.24) is 14.8 Å². The molecule has 3 nitrogen and oxygen atoms in total. The molecule has 1 aliphatic rings. The van der Waals surface area contributed by atoms with Gasteiger partial charge in [-0.15, -0.1) is 0 Å². The maximum absolute atomic E-state index is 4.11. The minimum absolute atomic E-state index is 0.506. The lowest BCUT2D eigenvalue weighted by molar-refractivity contribution is 0.403. The van der Waals surface area contributed by atoms with Gasteiger partial charge in [0.1, 0.15) is 12.7 Å². The summed E-state index contributed by atoms with van der Waals surface area (Å²) in [5.74, 6) is 0. The zero-order valence-corrected chi connectivity index (χ0v) is 6.48. The Morgan fingerprint density at radius 1 is 1.36 bits per heavy atom. The second-order valence-corrected chi connectivity index (χ2v) is 2.96. The van der Waals surface area contributed by atoms with E-state index in [4.69, 9.17) is 0 Å². The SMILES string of the molecule is [CH]1CCCCC1n1cncn1. The van der Waals surface area contributed by atoms with Crippen LogP contribution in [0.5, 0.6) is 0 Å². The zero-order valence-electron chi connectivity index (χ0n) is 6.48. The van der Waals surface area contributed by atoms with Crippen LogP contribution in [-0.2, 0) is 0 Å². The third-order valence-electron chi connectivity index (χ3n) is 2.17. The number of rotatable bonds is 1. The van der Waals surface area contributed by atoms with Crippen molar-refractivity contribution < 1.29 is 0 Å². The second kappa shape index (κ2) is 3.03. The van der Waals surface area contributed by atoms with Gasteiger partial charge in [0.25, 0.3) is 0 Å². The molecule has 2 rings (SSSR count). The van der Waals surface area contributed by atoms with E-state index in [2.05, 4.69) is 16.5 Å². The first-order valence-electron chi connectivity index (χ1n) is 4.14. The van der Waals surface area contributed by atoms with Gasteiger partial charge in [-0.2, -0.15) is 5.10 Å². The van der Waals surface area contributed by atoms with E-state index in [9.17, 15) is 0 Å². The standard InChI is InChI=1S/C8H12N3/c1-2-4-8(5-3-1)11-7-9-6-10-11/h4,6-8H,1-3,5H2. The average Bonchev–Trinajstić information content (AvgIpc) is 2.58. The summed E-state index contributed by atoms with van der Waals surface area (Å²) in [6.07, 6.45) is 10.8. The topological polar surface area (TPSA) is 30.7 Å². The predicted molar refractivity (Wildman–Crippen MR) is 41.8 cm³/mol. The molecule has 1 aromatic heterocycles. The molecule has 0 bridgehead atoms.